The molecule has 8 heteroatoms. The van der Waals surface area contributed by atoms with Gasteiger partial charge in [-0.2, -0.15) is 0 Å². The van der Waals surface area contributed by atoms with Crippen molar-refractivity contribution in [3.05, 3.63) is 57.7 Å². The number of pyridine rings is 1. The number of hydrogen-bond donors (Lipinski definition) is 2. The standard InChI is InChI=1S/C21H24BrClN4O2/c1-14(17-4-2-3-5-18(17)23)25-20(28)13-27-10-8-15(9-11-27)21(29)26-19-7-6-16(22)12-24-19/h2-7,12,14-15H,8-11,13H2,1H3,(H,25,28)(H,24,26,29). The summed E-state index contributed by atoms with van der Waals surface area (Å²) >= 11 is 9.53. The van der Waals surface area contributed by atoms with Crippen molar-refractivity contribution >= 4 is 45.2 Å². The van der Waals surface area contributed by atoms with Gasteiger partial charge in [0, 0.05) is 21.6 Å². The monoisotopic (exact) mass is 478 g/mol. The Morgan fingerprint density at radius 2 is 1.97 bits per heavy atom. The molecule has 1 aliphatic heterocycles. The van der Waals surface area contributed by atoms with Crippen LogP contribution in [0.25, 0.3) is 0 Å². The molecule has 1 aromatic heterocycles. The molecular formula is C21H24BrClN4O2. The van der Waals surface area contributed by atoms with Crippen LogP contribution in [0, 0.1) is 5.92 Å². The van der Waals surface area contributed by atoms with E-state index in [1.165, 1.54) is 0 Å². The fourth-order valence-electron chi connectivity index (χ4n) is 3.43. The minimum atomic E-state index is -0.155. The summed E-state index contributed by atoms with van der Waals surface area (Å²) in [6, 6.07) is 11.0. The molecule has 1 aromatic carbocycles. The van der Waals surface area contributed by atoms with E-state index in [9.17, 15) is 9.59 Å². The van der Waals surface area contributed by atoms with Crippen molar-refractivity contribution in [3.63, 3.8) is 0 Å². The number of piperidine rings is 1. The topological polar surface area (TPSA) is 74.3 Å². The number of rotatable bonds is 6. The van der Waals surface area contributed by atoms with Gasteiger partial charge in [-0.05, 0) is 72.5 Å². The third kappa shape index (κ3) is 6.26. The second-order valence-electron chi connectivity index (χ2n) is 7.21. The predicted octanol–water partition coefficient (Wildman–Crippen LogP) is 4.03. The Kier molecular flexibility index (Phi) is 7.64. The summed E-state index contributed by atoms with van der Waals surface area (Å²) in [5.74, 6) is 0.422. The predicted molar refractivity (Wildman–Crippen MR) is 118 cm³/mol. The summed E-state index contributed by atoms with van der Waals surface area (Å²) in [7, 11) is 0. The molecule has 2 amide bonds. The number of likely N-dealkylation sites (tertiary alicyclic amines) is 1. The number of nitrogens with zero attached hydrogens (tertiary/aromatic N) is 2. The van der Waals surface area contributed by atoms with E-state index in [2.05, 4.69) is 36.4 Å². The highest BCUT2D eigenvalue weighted by atomic mass is 79.9. The molecule has 1 atom stereocenters. The molecule has 3 rings (SSSR count). The van der Waals surface area contributed by atoms with E-state index in [0.29, 0.717) is 30.5 Å². The van der Waals surface area contributed by atoms with E-state index in [4.69, 9.17) is 11.6 Å². The summed E-state index contributed by atoms with van der Waals surface area (Å²) in [4.78, 5) is 31.1. The third-order valence-electron chi connectivity index (χ3n) is 5.05. The molecule has 0 bridgehead atoms. The number of benzene rings is 1. The van der Waals surface area contributed by atoms with E-state index in [1.54, 1.807) is 12.3 Å². The summed E-state index contributed by atoms with van der Waals surface area (Å²) < 4.78 is 0.867. The van der Waals surface area contributed by atoms with Crippen LogP contribution in [0.2, 0.25) is 5.02 Å². The first-order chi connectivity index (χ1) is 13.9. The van der Waals surface area contributed by atoms with Crippen LogP contribution in [0.15, 0.2) is 47.1 Å². The SMILES string of the molecule is CC(NC(=O)CN1CCC(C(=O)Nc2ccc(Br)cn2)CC1)c1ccccc1Cl. The van der Waals surface area contributed by atoms with E-state index >= 15 is 0 Å². The van der Waals surface area contributed by atoms with Crippen molar-refractivity contribution in [2.24, 2.45) is 5.92 Å². The summed E-state index contributed by atoms with van der Waals surface area (Å²) in [6.45, 7) is 3.66. The highest BCUT2D eigenvalue weighted by Crippen LogP contribution is 2.23. The molecule has 0 radical (unpaired) electrons. The minimum absolute atomic E-state index is 0.0173. The van der Waals surface area contributed by atoms with Crippen LogP contribution in [-0.4, -0.2) is 41.3 Å². The number of halogens is 2. The zero-order valence-electron chi connectivity index (χ0n) is 16.2. The average molecular weight is 480 g/mol. The number of amides is 2. The van der Waals surface area contributed by atoms with Crippen LogP contribution in [0.4, 0.5) is 5.82 Å². The van der Waals surface area contributed by atoms with Crippen LogP contribution < -0.4 is 10.6 Å². The van der Waals surface area contributed by atoms with Crippen molar-refractivity contribution in [1.82, 2.24) is 15.2 Å². The van der Waals surface area contributed by atoms with Gasteiger partial charge in [-0.1, -0.05) is 29.8 Å². The molecule has 2 aromatic rings. The molecule has 1 aliphatic rings. The number of nitrogens with one attached hydrogen (secondary N) is 2. The minimum Gasteiger partial charge on any atom is -0.348 e. The molecular weight excluding hydrogens is 456 g/mol. The van der Waals surface area contributed by atoms with Crippen LogP contribution in [0.1, 0.15) is 31.4 Å². The Balaban J connectivity index is 1.43. The maximum absolute atomic E-state index is 12.4. The Hall–Kier alpha value is -1.96. The van der Waals surface area contributed by atoms with Crippen LogP contribution >= 0.6 is 27.5 Å². The van der Waals surface area contributed by atoms with Gasteiger partial charge in [-0.25, -0.2) is 4.98 Å². The molecule has 154 valence electrons. The molecule has 1 saturated heterocycles. The zero-order chi connectivity index (χ0) is 20.8. The fraction of sp³-hybridized carbons (Fsp3) is 0.381. The molecule has 1 unspecified atom stereocenters. The van der Waals surface area contributed by atoms with Gasteiger partial charge >= 0.3 is 0 Å². The largest absolute Gasteiger partial charge is 0.348 e. The van der Waals surface area contributed by atoms with Crippen LogP contribution in [-0.2, 0) is 9.59 Å². The number of aromatic nitrogens is 1. The summed E-state index contributed by atoms with van der Waals surface area (Å²) in [5.41, 5.74) is 0.902. The molecule has 0 aliphatic carbocycles. The Labute approximate surface area is 184 Å². The van der Waals surface area contributed by atoms with E-state index in [0.717, 1.165) is 22.9 Å². The first-order valence-electron chi connectivity index (χ1n) is 9.61. The molecule has 0 saturated carbocycles. The zero-order valence-corrected chi connectivity index (χ0v) is 18.5. The first kappa shape index (κ1) is 21.7. The molecule has 6 nitrogen and oxygen atoms in total. The Bertz CT molecular complexity index is 854. The maximum atomic E-state index is 12.4. The highest BCUT2D eigenvalue weighted by Gasteiger charge is 2.26. The van der Waals surface area contributed by atoms with Crippen molar-refractivity contribution < 1.29 is 9.59 Å². The van der Waals surface area contributed by atoms with Crippen molar-refractivity contribution in [3.8, 4) is 0 Å². The van der Waals surface area contributed by atoms with Crippen LogP contribution in [0.5, 0.6) is 0 Å². The molecule has 0 spiro atoms. The number of hydrogen-bond acceptors (Lipinski definition) is 4. The Morgan fingerprint density at radius 1 is 1.24 bits per heavy atom. The smallest absolute Gasteiger partial charge is 0.234 e. The first-order valence-corrected chi connectivity index (χ1v) is 10.8. The van der Waals surface area contributed by atoms with Gasteiger partial charge in [0.1, 0.15) is 5.82 Å². The van der Waals surface area contributed by atoms with Gasteiger partial charge in [0.05, 0.1) is 12.6 Å². The highest BCUT2D eigenvalue weighted by molar-refractivity contribution is 9.10. The van der Waals surface area contributed by atoms with E-state index < -0.39 is 0 Å². The van der Waals surface area contributed by atoms with Crippen molar-refractivity contribution in [1.29, 1.82) is 0 Å². The Morgan fingerprint density at radius 3 is 2.62 bits per heavy atom. The second-order valence-corrected chi connectivity index (χ2v) is 8.53. The van der Waals surface area contributed by atoms with E-state index in [-0.39, 0.29) is 23.8 Å². The van der Waals surface area contributed by atoms with Gasteiger partial charge in [0.2, 0.25) is 11.8 Å². The van der Waals surface area contributed by atoms with Gasteiger partial charge in [-0.15, -0.1) is 0 Å². The summed E-state index contributed by atoms with van der Waals surface area (Å²) in [5, 5.41) is 6.51. The lowest BCUT2D eigenvalue weighted by Gasteiger charge is -2.31. The van der Waals surface area contributed by atoms with Crippen molar-refractivity contribution in [2.75, 3.05) is 25.0 Å². The average Bonchev–Trinajstić information content (AvgIpc) is 2.70. The van der Waals surface area contributed by atoms with Gasteiger partial charge < -0.3 is 10.6 Å². The molecule has 2 N–H and O–H groups in total. The van der Waals surface area contributed by atoms with Gasteiger partial charge in [0.25, 0.3) is 0 Å². The van der Waals surface area contributed by atoms with Crippen molar-refractivity contribution in [2.45, 2.75) is 25.8 Å². The number of carbonyl (C=O) groups is 2. The van der Waals surface area contributed by atoms with Gasteiger partial charge in [-0.3, -0.25) is 14.5 Å². The lowest BCUT2D eigenvalue weighted by Crippen LogP contribution is -2.43. The quantitative estimate of drug-likeness (QED) is 0.656. The lowest BCUT2D eigenvalue weighted by molar-refractivity contribution is -0.124. The number of anilines is 1. The summed E-state index contributed by atoms with van der Waals surface area (Å²) in [6.07, 6.45) is 3.09. The third-order valence-corrected chi connectivity index (χ3v) is 5.87. The van der Waals surface area contributed by atoms with Crippen LogP contribution in [0.3, 0.4) is 0 Å². The fourth-order valence-corrected chi connectivity index (χ4v) is 3.96. The molecule has 29 heavy (non-hydrogen) atoms. The number of carbonyl (C=O) groups excluding carboxylic acids is 2. The van der Waals surface area contributed by atoms with E-state index in [1.807, 2.05) is 37.3 Å². The van der Waals surface area contributed by atoms with Gasteiger partial charge in [0.15, 0.2) is 0 Å². The molecule has 1 fully saturated rings. The second kappa shape index (κ2) is 10.2. The normalized spacial score (nSPS) is 16.2. The lowest BCUT2D eigenvalue weighted by atomic mass is 9.96. The molecule has 2 heterocycles. The maximum Gasteiger partial charge on any atom is 0.234 e.